The molecule has 1 unspecified atom stereocenters. The number of rotatable bonds is 3. The summed E-state index contributed by atoms with van der Waals surface area (Å²) >= 11 is 0. The van der Waals surface area contributed by atoms with Crippen molar-refractivity contribution in [3.05, 3.63) is 34.9 Å². The van der Waals surface area contributed by atoms with Gasteiger partial charge in [-0.3, -0.25) is 0 Å². The van der Waals surface area contributed by atoms with Gasteiger partial charge in [0, 0.05) is 5.41 Å². The predicted octanol–water partition coefficient (Wildman–Crippen LogP) is 2.74. The van der Waals surface area contributed by atoms with Gasteiger partial charge < -0.3 is 10.2 Å². The molecular formula is C13H15F3O3. The Bertz CT molecular complexity index is 492. The van der Waals surface area contributed by atoms with Crippen LogP contribution in [0, 0.1) is 6.92 Å². The van der Waals surface area contributed by atoms with E-state index in [9.17, 15) is 23.1 Å². The average Bonchev–Trinajstić information content (AvgIpc) is 2.26. The fourth-order valence-corrected chi connectivity index (χ4v) is 2.02. The molecule has 0 aliphatic heterocycles. The minimum Gasteiger partial charge on any atom is -0.479 e. The predicted molar refractivity (Wildman–Crippen MR) is 62.8 cm³/mol. The van der Waals surface area contributed by atoms with Gasteiger partial charge in [0.2, 0.25) is 0 Å². The first-order chi connectivity index (χ1) is 8.48. The molecule has 0 spiro atoms. The van der Waals surface area contributed by atoms with E-state index in [-0.39, 0.29) is 0 Å². The molecule has 6 heteroatoms. The molecule has 0 saturated heterocycles. The fourth-order valence-electron chi connectivity index (χ4n) is 2.02. The van der Waals surface area contributed by atoms with Gasteiger partial charge in [0.15, 0.2) is 6.10 Å². The van der Waals surface area contributed by atoms with Crippen LogP contribution in [0.1, 0.15) is 30.5 Å². The van der Waals surface area contributed by atoms with Crippen molar-refractivity contribution < 1.29 is 28.2 Å². The number of aliphatic hydroxyl groups is 1. The highest BCUT2D eigenvalue weighted by Crippen LogP contribution is 2.35. The van der Waals surface area contributed by atoms with E-state index in [0.29, 0.717) is 11.1 Å². The number of halogens is 3. The first-order valence-corrected chi connectivity index (χ1v) is 5.57. The van der Waals surface area contributed by atoms with Crippen LogP contribution in [0.2, 0.25) is 0 Å². The summed E-state index contributed by atoms with van der Waals surface area (Å²) in [4.78, 5) is 10.8. The molecule has 1 aromatic rings. The highest BCUT2D eigenvalue weighted by Gasteiger charge is 2.37. The van der Waals surface area contributed by atoms with Crippen molar-refractivity contribution >= 4 is 5.97 Å². The summed E-state index contributed by atoms with van der Waals surface area (Å²) in [5, 5.41) is 18.5. The number of alkyl halides is 3. The van der Waals surface area contributed by atoms with Gasteiger partial charge in [0.25, 0.3) is 0 Å². The number of carbonyl (C=O) groups is 1. The Morgan fingerprint density at radius 1 is 1.26 bits per heavy atom. The SMILES string of the molecule is Cc1cc(C(F)(F)F)ccc1C(C)(C)C(O)C(=O)O. The molecule has 1 rings (SSSR count). The Kier molecular flexibility index (Phi) is 3.95. The van der Waals surface area contributed by atoms with Crippen LogP contribution in [-0.2, 0) is 16.4 Å². The Morgan fingerprint density at radius 2 is 1.79 bits per heavy atom. The van der Waals surface area contributed by atoms with E-state index >= 15 is 0 Å². The zero-order valence-corrected chi connectivity index (χ0v) is 10.7. The molecule has 0 heterocycles. The van der Waals surface area contributed by atoms with Crippen molar-refractivity contribution in [1.29, 1.82) is 0 Å². The van der Waals surface area contributed by atoms with Crippen LogP contribution >= 0.6 is 0 Å². The number of hydrogen-bond donors (Lipinski definition) is 2. The van der Waals surface area contributed by atoms with E-state index in [1.807, 2.05) is 0 Å². The number of hydrogen-bond acceptors (Lipinski definition) is 2. The van der Waals surface area contributed by atoms with Crippen LogP contribution in [0.15, 0.2) is 18.2 Å². The maximum atomic E-state index is 12.5. The minimum atomic E-state index is -4.45. The van der Waals surface area contributed by atoms with Gasteiger partial charge >= 0.3 is 12.1 Å². The summed E-state index contributed by atoms with van der Waals surface area (Å²) in [6, 6.07) is 3.05. The van der Waals surface area contributed by atoms with E-state index in [1.165, 1.54) is 26.8 Å². The zero-order valence-electron chi connectivity index (χ0n) is 10.7. The molecule has 3 nitrogen and oxygen atoms in total. The summed E-state index contributed by atoms with van der Waals surface area (Å²) in [7, 11) is 0. The first kappa shape index (κ1) is 15.5. The Hall–Kier alpha value is -1.56. The summed E-state index contributed by atoms with van der Waals surface area (Å²) < 4.78 is 37.6. The highest BCUT2D eigenvalue weighted by molar-refractivity contribution is 5.74. The van der Waals surface area contributed by atoms with Crippen molar-refractivity contribution in [2.75, 3.05) is 0 Å². The lowest BCUT2D eigenvalue weighted by atomic mass is 9.77. The lowest BCUT2D eigenvalue weighted by Gasteiger charge is -2.30. The van der Waals surface area contributed by atoms with Crippen LogP contribution in [0.5, 0.6) is 0 Å². The molecule has 1 aromatic carbocycles. The van der Waals surface area contributed by atoms with Gasteiger partial charge in [0.05, 0.1) is 5.56 Å². The van der Waals surface area contributed by atoms with Crippen molar-refractivity contribution in [3.63, 3.8) is 0 Å². The fraction of sp³-hybridized carbons (Fsp3) is 0.462. The maximum absolute atomic E-state index is 12.5. The van der Waals surface area contributed by atoms with Gasteiger partial charge in [-0.25, -0.2) is 4.79 Å². The second-order valence-corrected chi connectivity index (χ2v) is 4.99. The summed E-state index contributed by atoms with van der Waals surface area (Å²) in [6.07, 6.45) is -6.14. The standard InChI is InChI=1S/C13H15F3O3/c1-7-6-8(13(14,15)16)4-5-9(7)12(2,3)10(17)11(18)19/h4-6,10,17H,1-3H3,(H,18,19). The second-order valence-electron chi connectivity index (χ2n) is 4.99. The lowest BCUT2D eigenvalue weighted by molar-refractivity contribution is -0.150. The third-order valence-electron chi connectivity index (χ3n) is 3.17. The lowest BCUT2D eigenvalue weighted by Crippen LogP contribution is -2.40. The smallest absolute Gasteiger partial charge is 0.416 e. The Balaban J connectivity index is 3.27. The van der Waals surface area contributed by atoms with Gasteiger partial charge in [-0.1, -0.05) is 19.9 Å². The van der Waals surface area contributed by atoms with Crippen LogP contribution in [0.4, 0.5) is 13.2 Å². The average molecular weight is 276 g/mol. The third-order valence-corrected chi connectivity index (χ3v) is 3.17. The van der Waals surface area contributed by atoms with E-state index in [4.69, 9.17) is 5.11 Å². The molecular weight excluding hydrogens is 261 g/mol. The van der Waals surface area contributed by atoms with Crippen molar-refractivity contribution in [2.45, 2.75) is 38.5 Å². The topological polar surface area (TPSA) is 57.5 Å². The molecule has 1 atom stereocenters. The molecule has 0 bridgehead atoms. The molecule has 0 saturated carbocycles. The van der Waals surface area contributed by atoms with E-state index in [2.05, 4.69) is 0 Å². The normalized spacial score (nSPS) is 14.3. The zero-order chi connectivity index (χ0) is 15.0. The second kappa shape index (κ2) is 4.85. The summed E-state index contributed by atoms with van der Waals surface area (Å²) in [6.45, 7) is 4.41. The molecule has 0 radical (unpaired) electrons. The minimum absolute atomic E-state index is 0.292. The number of aliphatic hydroxyl groups excluding tert-OH is 1. The maximum Gasteiger partial charge on any atom is 0.416 e. The summed E-state index contributed by atoms with van der Waals surface area (Å²) in [5.41, 5.74) is -1.31. The molecule has 19 heavy (non-hydrogen) atoms. The van der Waals surface area contributed by atoms with Crippen LogP contribution < -0.4 is 0 Å². The number of carboxylic acids is 1. The molecule has 0 aliphatic carbocycles. The van der Waals surface area contributed by atoms with Gasteiger partial charge in [0.1, 0.15) is 0 Å². The van der Waals surface area contributed by atoms with Crippen molar-refractivity contribution in [1.82, 2.24) is 0 Å². The number of benzene rings is 1. The summed E-state index contributed by atoms with van der Waals surface area (Å²) in [5.74, 6) is -1.41. The van der Waals surface area contributed by atoms with E-state index < -0.39 is 29.2 Å². The monoisotopic (exact) mass is 276 g/mol. The quantitative estimate of drug-likeness (QED) is 0.892. The molecule has 0 aliphatic rings. The highest BCUT2D eigenvalue weighted by atomic mass is 19.4. The van der Waals surface area contributed by atoms with Crippen molar-refractivity contribution in [3.8, 4) is 0 Å². The van der Waals surface area contributed by atoms with E-state index in [1.54, 1.807) is 0 Å². The largest absolute Gasteiger partial charge is 0.479 e. The van der Waals surface area contributed by atoms with Gasteiger partial charge in [-0.05, 0) is 30.2 Å². The third kappa shape index (κ3) is 3.07. The Morgan fingerprint density at radius 3 is 2.16 bits per heavy atom. The number of aliphatic carboxylic acids is 1. The van der Waals surface area contributed by atoms with E-state index in [0.717, 1.165) is 12.1 Å². The molecule has 0 amide bonds. The van der Waals surface area contributed by atoms with Crippen LogP contribution in [-0.4, -0.2) is 22.3 Å². The van der Waals surface area contributed by atoms with Gasteiger partial charge in [-0.15, -0.1) is 0 Å². The number of carboxylic acid groups (broad SMARTS) is 1. The first-order valence-electron chi connectivity index (χ1n) is 5.57. The van der Waals surface area contributed by atoms with Crippen LogP contribution in [0.25, 0.3) is 0 Å². The van der Waals surface area contributed by atoms with Gasteiger partial charge in [-0.2, -0.15) is 13.2 Å². The van der Waals surface area contributed by atoms with Crippen LogP contribution in [0.3, 0.4) is 0 Å². The van der Waals surface area contributed by atoms with Crippen molar-refractivity contribution in [2.24, 2.45) is 0 Å². The molecule has 0 fully saturated rings. The molecule has 0 aromatic heterocycles. The molecule has 2 N–H and O–H groups in total. The number of aryl methyl sites for hydroxylation is 1. The Labute approximate surface area is 108 Å². The molecule has 106 valence electrons.